The summed E-state index contributed by atoms with van der Waals surface area (Å²) in [6.07, 6.45) is 1.88. The lowest BCUT2D eigenvalue weighted by Gasteiger charge is -1.99. The first-order chi connectivity index (χ1) is 9.06. The van der Waals surface area contributed by atoms with Crippen molar-refractivity contribution in [3.05, 3.63) is 36.0 Å². The molecular formula is C12H11N5O2. The van der Waals surface area contributed by atoms with Gasteiger partial charge in [-0.1, -0.05) is 0 Å². The molecule has 7 nitrogen and oxygen atoms in total. The normalized spacial score (nSPS) is 11.0. The summed E-state index contributed by atoms with van der Waals surface area (Å²) in [5.74, 6) is -0.304. The number of fused-ring (bicyclic) bond motifs is 1. The maximum absolute atomic E-state index is 11.0. The van der Waals surface area contributed by atoms with Crippen LogP contribution in [-0.2, 0) is 7.05 Å². The molecule has 0 aromatic carbocycles. The second-order valence-corrected chi connectivity index (χ2v) is 4.18. The van der Waals surface area contributed by atoms with Gasteiger partial charge in [0.1, 0.15) is 5.82 Å². The number of nitrogens with two attached hydrogens (primary N) is 1. The van der Waals surface area contributed by atoms with E-state index in [2.05, 4.69) is 10.1 Å². The third-order valence-electron chi connectivity index (χ3n) is 2.88. The largest absolute Gasteiger partial charge is 0.478 e. The Morgan fingerprint density at radius 1 is 1.42 bits per heavy atom. The van der Waals surface area contributed by atoms with Gasteiger partial charge < -0.3 is 15.4 Å². The number of anilines is 1. The molecule has 19 heavy (non-hydrogen) atoms. The van der Waals surface area contributed by atoms with E-state index in [1.165, 1.54) is 16.6 Å². The molecule has 0 fully saturated rings. The molecule has 0 saturated heterocycles. The van der Waals surface area contributed by atoms with Crippen molar-refractivity contribution in [1.82, 2.24) is 19.2 Å². The number of carboxylic acid groups (broad SMARTS) is 1. The van der Waals surface area contributed by atoms with Crippen molar-refractivity contribution in [3.8, 4) is 11.5 Å². The van der Waals surface area contributed by atoms with Gasteiger partial charge in [0.25, 0.3) is 0 Å². The van der Waals surface area contributed by atoms with E-state index in [-0.39, 0.29) is 11.4 Å². The van der Waals surface area contributed by atoms with Crippen molar-refractivity contribution in [1.29, 1.82) is 0 Å². The number of rotatable bonds is 2. The monoisotopic (exact) mass is 257 g/mol. The minimum absolute atomic E-state index is 0.0934. The molecule has 3 rings (SSSR count). The van der Waals surface area contributed by atoms with Crippen molar-refractivity contribution >= 4 is 17.4 Å². The molecule has 0 atom stereocenters. The van der Waals surface area contributed by atoms with Crippen molar-refractivity contribution in [2.45, 2.75) is 0 Å². The van der Waals surface area contributed by atoms with Gasteiger partial charge in [0.05, 0.1) is 11.3 Å². The lowest BCUT2D eigenvalue weighted by molar-refractivity contribution is 0.0697. The smallest absolute Gasteiger partial charge is 0.335 e. The van der Waals surface area contributed by atoms with Gasteiger partial charge in [0, 0.05) is 13.2 Å². The fraction of sp³-hybridized carbons (Fsp3) is 0.0833. The second-order valence-electron chi connectivity index (χ2n) is 4.18. The Bertz CT molecular complexity index is 787. The molecule has 3 N–H and O–H groups in total. The van der Waals surface area contributed by atoms with Crippen LogP contribution in [0, 0.1) is 0 Å². The number of nitrogens with zero attached hydrogens (tertiary/aromatic N) is 4. The lowest BCUT2D eigenvalue weighted by atomic mass is 10.2. The zero-order chi connectivity index (χ0) is 13.6. The van der Waals surface area contributed by atoms with Gasteiger partial charge in [0.2, 0.25) is 0 Å². The number of carbonyl (C=O) groups is 1. The Balaban J connectivity index is 2.24. The number of hydrogen-bond donors (Lipinski definition) is 2. The summed E-state index contributed by atoms with van der Waals surface area (Å²) < 4.78 is 3.30. The number of aromatic carboxylic acids is 1. The van der Waals surface area contributed by atoms with Gasteiger partial charge in [0.15, 0.2) is 11.5 Å². The summed E-state index contributed by atoms with van der Waals surface area (Å²) in [5.41, 5.74) is 7.13. The first-order valence-corrected chi connectivity index (χ1v) is 5.57. The molecule has 3 heterocycles. The summed E-state index contributed by atoms with van der Waals surface area (Å²) in [5, 5.41) is 13.3. The Morgan fingerprint density at radius 3 is 2.84 bits per heavy atom. The van der Waals surface area contributed by atoms with E-state index < -0.39 is 5.97 Å². The molecule has 0 aliphatic rings. The molecule has 0 aliphatic heterocycles. The van der Waals surface area contributed by atoms with Gasteiger partial charge >= 0.3 is 5.97 Å². The summed E-state index contributed by atoms with van der Waals surface area (Å²) in [6, 6.07) is 6.56. The van der Waals surface area contributed by atoms with E-state index in [4.69, 9.17) is 10.8 Å². The molecule has 3 aromatic rings. The minimum atomic E-state index is -1.04. The summed E-state index contributed by atoms with van der Waals surface area (Å²) in [6.45, 7) is 0. The van der Waals surface area contributed by atoms with Gasteiger partial charge in [-0.25, -0.2) is 9.78 Å². The lowest BCUT2D eigenvalue weighted by Crippen LogP contribution is -2.03. The number of carboxylic acids is 1. The molecule has 3 aromatic heterocycles. The number of aromatic nitrogens is 4. The Hall–Kier alpha value is -2.83. The molecule has 96 valence electrons. The van der Waals surface area contributed by atoms with Crippen LogP contribution in [0.4, 0.5) is 5.82 Å². The van der Waals surface area contributed by atoms with Crippen molar-refractivity contribution in [2.75, 3.05) is 5.73 Å². The SMILES string of the molecule is Cn1cccc1-c1nc2cc(C(=O)O)cc(N)n2n1. The second kappa shape index (κ2) is 3.84. The molecule has 7 heteroatoms. The fourth-order valence-electron chi connectivity index (χ4n) is 1.93. The highest BCUT2D eigenvalue weighted by atomic mass is 16.4. The molecule has 0 amide bonds. The average Bonchev–Trinajstić information content (AvgIpc) is 2.94. The molecule has 0 unspecified atom stereocenters. The summed E-state index contributed by atoms with van der Waals surface area (Å²) >= 11 is 0. The van der Waals surface area contributed by atoms with Crippen molar-refractivity contribution in [3.63, 3.8) is 0 Å². The third kappa shape index (κ3) is 1.71. The predicted molar refractivity (Wildman–Crippen MR) is 68.8 cm³/mol. The van der Waals surface area contributed by atoms with E-state index in [1.54, 1.807) is 0 Å². The van der Waals surface area contributed by atoms with Gasteiger partial charge in [-0.2, -0.15) is 4.52 Å². The zero-order valence-corrected chi connectivity index (χ0v) is 10.1. The maximum atomic E-state index is 11.0. The first kappa shape index (κ1) is 11.3. The van der Waals surface area contributed by atoms with Crippen LogP contribution in [0.3, 0.4) is 0 Å². The number of hydrogen-bond acceptors (Lipinski definition) is 4. The van der Waals surface area contributed by atoms with E-state index in [0.29, 0.717) is 11.5 Å². The van der Waals surface area contributed by atoms with Crippen LogP contribution in [0.2, 0.25) is 0 Å². The van der Waals surface area contributed by atoms with E-state index in [1.807, 2.05) is 29.9 Å². The standard InChI is InChI=1S/C12H11N5O2/c1-16-4-2-3-8(16)11-14-10-6-7(12(18)19)5-9(13)17(10)15-11/h2-6H,13H2,1H3,(H,18,19). The van der Waals surface area contributed by atoms with Gasteiger partial charge in [-0.15, -0.1) is 5.10 Å². The predicted octanol–water partition coefficient (Wildman–Crippen LogP) is 1.02. The van der Waals surface area contributed by atoms with E-state index in [0.717, 1.165) is 5.69 Å². The average molecular weight is 257 g/mol. The maximum Gasteiger partial charge on any atom is 0.335 e. The zero-order valence-electron chi connectivity index (χ0n) is 10.1. The molecule has 0 saturated carbocycles. The molecular weight excluding hydrogens is 246 g/mol. The number of aryl methyl sites for hydroxylation is 1. The fourth-order valence-corrected chi connectivity index (χ4v) is 1.93. The molecule has 0 aliphatic carbocycles. The number of nitrogen functional groups attached to an aromatic ring is 1. The molecule has 0 bridgehead atoms. The van der Waals surface area contributed by atoms with Crippen LogP contribution < -0.4 is 5.73 Å². The minimum Gasteiger partial charge on any atom is -0.478 e. The molecule has 0 radical (unpaired) electrons. The Kier molecular flexibility index (Phi) is 2.28. The summed E-state index contributed by atoms with van der Waals surface area (Å²) in [7, 11) is 1.88. The van der Waals surface area contributed by atoms with Crippen molar-refractivity contribution in [2.24, 2.45) is 7.05 Å². The van der Waals surface area contributed by atoms with E-state index in [9.17, 15) is 4.79 Å². The highest BCUT2D eigenvalue weighted by Gasteiger charge is 2.13. The van der Waals surface area contributed by atoms with Crippen LogP contribution in [0.15, 0.2) is 30.5 Å². The Labute approximate surface area is 107 Å². The van der Waals surface area contributed by atoms with Crippen LogP contribution in [0.1, 0.15) is 10.4 Å². The molecule has 0 spiro atoms. The van der Waals surface area contributed by atoms with E-state index >= 15 is 0 Å². The first-order valence-electron chi connectivity index (χ1n) is 5.57. The van der Waals surface area contributed by atoms with Crippen LogP contribution in [0.25, 0.3) is 17.2 Å². The summed E-state index contributed by atoms with van der Waals surface area (Å²) in [4.78, 5) is 15.3. The topological polar surface area (TPSA) is 98.4 Å². The highest BCUT2D eigenvalue weighted by molar-refractivity contribution is 5.89. The quantitative estimate of drug-likeness (QED) is 0.714. The van der Waals surface area contributed by atoms with Crippen LogP contribution in [-0.4, -0.2) is 30.2 Å². The van der Waals surface area contributed by atoms with Gasteiger partial charge in [-0.05, 0) is 24.3 Å². The number of pyridine rings is 1. The van der Waals surface area contributed by atoms with Crippen LogP contribution in [0.5, 0.6) is 0 Å². The Morgan fingerprint density at radius 2 is 2.21 bits per heavy atom. The highest BCUT2D eigenvalue weighted by Crippen LogP contribution is 2.19. The van der Waals surface area contributed by atoms with Crippen LogP contribution >= 0.6 is 0 Å². The van der Waals surface area contributed by atoms with Crippen molar-refractivity contribution < 1.29 is 9.90 Å². The van der Waals surface area contributed by atoms with Gasteiger partial charge in [-0.3, -0.25) is 0 Å². The third-order valence-corrected chi connectivity index (χ3v) is 2.88.